The Bertz CT molecular complexity index is 385. The minimum atomic E-state index is 0.118. The Kier molecular flexibility index (Phi) is 4.00. The van der Waals surface area contributed by atoms with Crippen molar-refractivity contribution in [2.45, 2.75) is 13.8 Å². The SMILES string of the molecule is CC(C)CN(N)c1nc(C#N)ncc1Br. The van der Waals surface area contributed by atoms with Gasteiger partial charge >= 0.3 is 0 Å². The van der Waals surface area contributed by atoms with Crippen molar-refractivity contribution in [3.8, 4) is 6.07 Å². The lowest BCUT2D eigenvalue weighted by atomic mass is 10.2. The van der Waals surface area contributed by atoms with Crippen LogP contribution in [0.1, 0.15) is 19.7 Å². The van der Waals surface area contributed by atoms with E-state index in [0.29, 0.717) is 22.8 Å². The summed E-state index contributed by atoms with van der Waals surface area (Å²) in [7, 11) is 0. The number of anilines is 1. The smallest absolute Gasteiger partial charge is 0.234 e. The Morgan fingerprint density at radius 1 is 1.67 bits per heavy atom. The highest BCUT2D eigenvalue weighted by Gasteiger charge is 2.11. The van der Waals surface area contributed by atoms with Gasteiger partial charge in [-0.05, 0) is 21.8 Å². The average Bonchev–Trinajstić information content (AvgIpc) is 2.17. The molecule has 0 atom stereocenters. The number of nitriles is 1. The minimum absolute atomic E-state index is 0.118. The zero-order valence-corrected chi connectivity index (χ0v) is 10.2. The lowest BCUT2D eigenvalue weighted by Crippen LogP contribution is -2.35. The molecule has 0 aliphatic carbocycles. The van der Waals surface area contributed by atoms with Gasteiger partial charge in [0.1, 0.15) is 6.07 Å². The molecule has 1 heterocycles. The van der Waals surface area contributed by atoms with Crippen LogP contribution in [0.15, 0.2) is 10.7 Å². The molecule has 15 heavy (non-hydrogen) atoms. The van der Waals surface area contributed by atoms with Gasteiger partial charge in [-0.15, -0.1) is 0 Å². The van der Waals surface area contributed by atoms with Crippen LogP contribution in [0, 0.1) is 17.2 Å². The molecular weight excluding hydrogens is 258 g/mol. The predicted molar refractivity (Wildman–Crippen MR) is 60.8 cm³/mol. The molecular formula is C9H12BrN5. The lowest BCUT2D eigenvalue weighted by Gasteiger charge is -2.20. The highest BCUT2D eigenvalue weighted by molar-refractivity contribution is 9.10. The molecule has 0 radical (unpaired) electrons. The normalized spacial score (nSPS) is 10.1. The second-order valence-corrected chi connectivity index (χ2v) is 4.38. The number of hydrogen-bond donors (Lipinski definition) is 1. The van der Waals surface area contributed by atoms with E-state index >= 15 is 0 Å². The van der Waals surface area contributed by atoms with Crippen LogP contribution in [0.2, 0.25) is 0 Å². The number of hydrazine groups is 1. The van der Waals surface area contributed by atoms with E-state index in [1.807, 2.05) is 6.07 Å². The first-order valence-electron chi connectivity index (χ1n) is 4.49. The van der Waals surface area contributed by atoms with Gasteiger partial charge in [-0.3, -0.25) is 5.01 Å². The van der Waals surface area contributed by atoms with Crippen molar-refractivity contribution < 1.29 is 0 Å². The number of rotatable bonds is 3. The molecule has 0 fully saturated rings. The molecule has 0 aliphatic heterocycles. The molecule has 1 aromatic rings. The van der Waals surface area contributed by atoms with Crippen LogP contribution in [0.4, 0.5) is 5.82 Å². The molecule has 0 unspecified atom stereocenters. The second-order valence-electron chi connectivity index (χ2n) is 3.52. The molecule has 0 saturated carbocycles. The molecule has 0 amide bonds. The van der Waals surface area contributed by atoms with Gasteiger partial charge in [-0.25, -0.2) is 10.8 Å². The number of halogens is 1. The third-order valence-corrected chi connectivity index (χ3v) is 2.22. The first kappa shape index (κ1) is 11.9. The van der Waals surface area contributed by atoms with Crippen LogP contribution in [0.25, 0.3) is 0 Å². The van der Waals surface area contributed by atoms with Gasteiger partial charge in [-0.2, -0.15) is 10.2 Å². The van der Waals surface area contributed by atoms with E-state index in [4.69, 9.17) is 11.1 Å². The third kappa shape index (κ3) is 3.15. The first-order valence-corrected chi connectivity index (χ1v) is 5.28. The summed E-state index contributed by atoms with van der Waals surface area (Å²) in [6.07, 6.45) is 1.53. The number of aromatic nitrogens is 2. The molecule has 80 valence electrons. The standard InChI is InChI=1S/C9H12BrN5/c1-6(2)5-15(12)9-7(10)4-13-8(3-11)14-9/h4,6H,5,12H2,1-2H3. The summed E-state index contributed by atoms with van der Waals surface area (Å²) in [5.41, 5.74) is 0. The highest BCUT2D eigenvalue weighted by atomic mass is 79.9. The van der Waals surface area contributed by atoms with E-state index in [9.17, 15) is 0 Å². The fourth-order valence-corrected chi connectivity index (χ4v) is 1.51. The summed E-state index contributed by atoms with van der Waals surface area (Å²) in [4.78, 5) is 7.84. The van der Waals surface area contributed by atoms with Crippen molar-refractivity contribution in [1.82, 2.24) is 9.97 Å². The van der Waals surface area contributed by atoms with Crippen LogP contribution in [0.3, 0.4) is 0 Å². The van der Waals surface area contributed by atoms with Crippen molar-refractivity contribution in [2.75, 3.05) is 11.6 Å². The van der Waals surface area contributed by atoms with Gasteiger partial charge in [-0.1, -0.05) is 13.8 Å². The van der Waals surface area contributed by atoms with Gasteiger partial charge in [0.05, 0.1) is 4.47 Å². The zero-order valence-electron chi connectivity index (χ0n) is 8.61. The Labute approximate surface area is 97.0 Å². The number of hydrogen-bond acceptors (Lipinski definition) is 5. The molecule has 0 aromatic carbocycles. The Balaban J connectivity index is 2.97. The topological polar surface area (TPSA) is 78.8 Å². The van der Waals surface area contributed by atoms with Gasteiger partial charge in [0, 0.05) is 12.7 Å². The second kappa shape index (κ2) is 5.05. The Hall–Kier alpha value is -1.19. The van der Waals surface area contributed by atoms with Gasteiger partial charge in [0.15, 0.2) is 5.82 Å². The summed E-state index contributed by atoms with van der Waals surface area (Å²) in [5.74, 6) is 6.90. The summed E-state index contributed by atoms with van der Waals surface area (Å²) < 4.78 is 0.685. The summed E-state index contributed by atoms with van der Waals surface area (Å²) in [6.45, 7) is 4.78. The van der Waals surface area contributed by atoms with Crippen LogP contribution in [-0.2, 0) is 0 Å². The molecule has 0 spiro atoms. The maximum atomic E-state index is 8.67. The predicted octanol–water partition coefficient (Wildman–Crippen LogP) is 1.45. The summed E-state index contributed by atoms with van der Waals surface area (Å²) >= 11 is 3.29. The zero-order chi connectivity index (χ0) is 11.4. The van der Waals surface area contributed by atoms with Crippen LogP contribution in [-0.4, -0.2) is 16.5 Å². The van der Waals surface area contributed by atoms with Crippen LogP contribution in [0.5, 0.6) is 0 Å². The van der Waals surface area contributed by atoms with Crippen molar-refractivity contribution in [1.29, 1.82) is 5.26 Å². The number of nitrogens with zero attached hydrogens (tertiary/aromatic N) is 4. The summed E-state index contributed by atoms with van der Waals surface area (Å²) in [6, 6.07) is 1.88. The van der Waals surface area contributed by atoms with Crippen LogP contribution < -0.4 is 10.9 Å². The van der Waals surface area contributed by atoms with Crippen molar-refractivity contribution in [3.05, 3.63) is 16.5 Å². The van der Waals surface area contributed by atoms with E-state index in [2.05, 4.69) is 39.7 Å². The van der Waals surface area contributed by atoms with Gasteiger partial charge in [0.2, 0.25) is 5.82 Å². The fourth-order valence-electron chi connectivity index (χ4n) is 1.09. The molecule has 1 aromatic heterocycles. The monoisotopic (exact) mass is 269 g/mol. The van der Waals surface area contributed by atoms with E-state index in [-0.39, 0.29) is 5.82 Å². The van der Waals surface area contributed by atoms with E-state index in [0.717, 1.165) is 0 Å². The molecule has 1 rings (SSSR count). The van der Waals surface area contributed by atoms with Crippen molar-refractivity contribution >= 4 is 21.7 Å². The third-order valence-electron chi connectivity index (χ3n) is 1.66. The van der Waals surface area contributed by atoms with Crippen LogP contribution >= 0.6 is 15.9 Å². The minimum Gasteiger partial charge on any atom is -0.294 e. The van der Waals surface area contributed by atoms with Crippen molar-refractivity contribution in [3.63, 3.8) is 0 Å². The Morgan fingerprint density at radius 3 is 2.87 bits per heavy atom. The molecule has 0 aliphatic rings. The summed E-state index contributed by atoms with van der Waals surface area (Å²) in [5, 5.41) is 10.2. The average molecular weight is 270 g/mol. The highest BCUT2D eigenvalue weighted by Crippen LogP contribution is 2.21. The maximum absolute atomic E-state index is 8.67. The van der Waals surface area contributed by atoms with Gasteiger partial charge < -0.3 is 0 Å². The molecule has 5 nitrogen and oxygen atoms in total. The molecule has 2 N–H and O–H groups in total. The maximum Gasteiger partial charge on any atom is 0.234 e. The van der Waals surface area contributed by atoms with E-state index in [1.165, 1.54) is 11.2 Å². The van der Waals surface area contributed by atoms with Crippen molar-refractivity contribution in [2.24, 2.45) is 11.8 Å². The quantitative estimate of drug-likeness (QED) is 0.664. The lowest BCUT2D eigenvalue weighted by molar-refractivity contribution is 0.615. The first-order chi connectivity index (χ1) is 7.04. The van der Waals surface area contributed by atoms with E-state index in [1.54, 1.807) is 0 Å². The molecule has 6 heteroatoms. The van der Waals surface area contributed by atoms with Gasteiger partial charge in [0.25, 0.3) is 0 Å². The molecule has 0 bridgehead atoms. The van der Waals surface area contributed by atoms with E-state index < -0.39 is 0 Å². The largest absolute Gasteiger partial charge is 0.294 e. The number of nitrogens with two attached hydrogens (primary N) is 1. The fraction of sp³-hybridized carbons (Fsp3) is 0.444. The Morgan fingerprint density at radius 2 is 2.33 bits per heavy atom. The molecule has 0 saturated heterocycles.